The lowest BCUT2D eigenvalue weighted by Crippen LogP contribution is -2.28. The number of aromatic amines is 1. The van der Waals surface area contributed by atoms with Crippen LogP contribution in [0.2, 0.25) is 0 Å². The van der Waals surface area contributed by atoms with Gasteiger partial charge in [-0.3, -0.25) is 4.79 Å². The molecule has 10 heteroatoms. The van der Waals surface area contributed by atoms with Gasteiger partial charge in [-0.05, 0) is 41.8 Å². The first kappa shape index (κ1) is 25.9. The molecule has 0 aliphatic rings. The smallest absolute Gasteiger partial charge is 0.277 e. The molecular formula is C27H32N6O4. The number of nitrogens with zero attached hydrogens (tertiary/aromatic N) is 4. The fourth-order valence-electron chi connectivity index (χ4n) is 4.09. The van der Waals surface area contributed by atoms with Gasteiger partial charge in [0.15, 0.2) is 0 Å². The van der Waals surface area contributed by atoms with Crippen molar-refractivity contribution >= 4 is 22.7 Å². The zero-order valence-corrected chi connectivity index (χ0v) is 21.3. The summed E-state index contributed by atoms with van der Waals surface area (Å²) in [6.45, 7) is 2.97. The van der Waals surface area contributed by atoms with Crippen molar-refractivity contribution in [3.8, 4) is 11.5 Å². The molecule has 1 atom stereocenters. The number of H-pyrrole nitrogens is 1. The van der Waals surface area contributed by atoms with E-state index in [1.165, 1.54) is 6.20 Å². The number of anilines is 2. The molecule has 0 saturated carbocycles. The molecule has 0 bridgehead atoms. The van der Waals surface area contributed by atoms with Crippen molar-refractivity contribution in [1.82, 2.24) is 20.2 Å². The molecule has 37 heavy (non-hydrogen) atoms. The molecule has 0 aliphatic heterocycles. The molecule has 2 aromatic carbocycles. The summed E-state index contributed by atoms with van der Waals surface area (Å²) in [5.74, 6) is 2.35. The van der Waals surface area contributed by atoms with Gasteiger partial charge < -0.3 is 24.8 Å². The minimum absolute atomic E-state index is 0.0843. The molecule has 0 fully saturated rings. The van der Waals surface area contributed by atoms with Gasteiger partial charge in [0.25, 0.3) is 5.56 Å². The second kappa shape index (κ2) is 12.2. The van der Waals surface area contributed by atoms with Gasteiger partial charge in [-0.1, -0.05) is 37.6 Å². The Hall–Kier alpha value is -4.18. The number of nitrogens with one attached hydrogen (secondary N) is 2. The number of rotatable bonds is 12. The molecule has 0 amide bonds. The number of hydrogen-bond donors (Lipinski definition) is 3. The van der Waals surface area contributed by atoms with Gasteiger partial charge in [0, 0.05) is 13.1 Å². The Kier molecular flexibility index (Phi) is 8.52. The molecular weight excluding hydrogens is 472 g/mol. The summed E-state index contributed by atoms with van der Waals surface area (Å²) in [7, 11) is 3.27. The highest BCUT2D eigenvalue weighted by Gasteiger charge is 2.19. The molecule has 0 saturated heterocycles. The summed E-state index contributed by atoms with van der Waals surface area (Å²) in [6.07, 6.45) is 3.11. The molecule has 194 valence electrons. The number of aromatic nitrogens is 4. The number of fused-ring (bicyclic) bond motifs is 1. The molecule has 0 radical (unpaired) electrons. The maximum Gasteiger partial charge on any atom is 0.277 e. The highest BCUT2D eigenvalue weighted by molar-refractivity contribution is 5.88. The van der Waals surface area contributed by atoms with Gasteiger partial charge in [-0.2, -0.15) is 10.1 Å². The van der Waals surface area contributed by atoms with E-state index in [9.17, 15) is 9.90 Å². The number of aliphatic hydroxyl groups is 1. The Morgan fingerprint density at radius 1 is 0.973 bits per heavy atom. The Labute approximate surface area is 215 Å². The molecule has 2 heterocycles. The fraction of sp³-hybridized carbons (Fsp3) is 0.333. The normalized spacial score (nSPS) is 11.8. The van der Waals surface area contributed by atoms with E-state index in [1.54, 1.807) is 14.2 Å². The van der Waals surface area contributed by atoms with Crippen LogP contribution in [-0.4, -0.2) is 52.1 Å². The van der Waals surface area contributed by atoms with Crippen LogP contribution in [0, 0.1) is 0 Å². The van der Waals surface area contributed by atoms with Crippen molar-refractivity contribution in [2.75, 3.05) is 31.0 Å². The second-order valence-electron chi connectivity index (χ2n) is 8.70. The van der Waals surface area contributed by atoms with Gasteiger partial charge in [0.2, 0.25) is 5.95 Å². The first-order chi connectivity index (χ1) is 18.0. The average molecular weight is 505 g/mol. The number of hydrogen-bond acceptors (Lipinski definition) is 9. The Bertz CT molecular complexity index is 1310. The van der Waals surface area contributed by atoms with E-state index in [4.69, 9.17) is 19.4 Å². The molecule has 0 spiro atoms. The minimum Gasteiger partial charge on any atom is -0.497 e. The molecule has 0 unspecified atom stereocenters. The summed E-state index contributed by atoms with van der Waals surface area (Å²) in [4.78, 5) is 24.2. The van der Waals surface area contributed by atoms with Gasteiger partial charge >= 0.3 is 0 Å². The maximum atomic E-state index is 12.7. The van der Waals surface area contributed by atoms with E-state index in [0.717, 1.165) is 35.5 Å². The van der Waals surface area contributed by atoms with Crippen LogP contribution in [0.1, 0.15) is 30.9 Å². The molecule has 4 rings (SSSR count). The lowest BCUT2D eigenvalue weighted by molar-refractivity contribution is 0.268. The topological polar surface area (TPSA) is 125 Å². The van der Waals surface area contributed by atoms with Crippen LogP contribution in [0.4, 0.5) is 11.8 Å². The van der Waals surface area contributed by atoms with E-state index in [0.29, 0.717) is 35.8 Å². The summed E-state index contributed by atoms with van der Waals surface area (Å²) in [5, 5.41) is 19.9. The third kappa shape index (κ3) is 6.34. The van der Waals surface area contributed by atoms with Crippen molar-refractivity contribution in [2.24, 2.45) is 0 Å². The predicted molar refractivity (Wildman–Crippen MR) is 143 cm³/mol. The van der Waals surface area contributed by atoms with Gasteiger partial charge in [0.1, 0.15) is 28.2 Å². The number of benzene rings is 2. The standard InChI is InChI=1S/C27H32N6O4/c1-4-5-20(17-34)29-25-24-23(14-28-32-26(24)35)30-27(31-25)33(15-18-6-10-21(36-2)11-7-18)16-19-8-12-22(37-3)13-9-19/h6-14,20,34H,4-5,15-17H2,1-3H3,(H,32,35)(H,29,30,31)/t20-/m0/s1. The van der Waals surface area contributed by atoms with E-state index in [1.807, 2.05) is 60.4 Å². The zero-order valence-electron chi connectivity index (χ0n) is 21.3. The molecule has 0 aliphatic carbocycles. The second-order valence-corrected chi connectivity index (χ2v) is 8.70. The SMILES string of the molecule is CCC[C@@H](CO)Nc1nc(N(Cc2ccc(OC)cc2)Cc2ccc(OC)cc2)nc2cn[nH]c(=O)c12. The molecule has 3 N–H and O–H groups in total. The van der Waals surface area contributed by atoms with Gasteiger partial charge in [-0.15, -0.1) is 0 Å². The van der Waals surface area contributed by atoms with Crippen molar-refractivity contribution in [3.63, 3.8) is 0 Å². The van der Waals surface area contributed by atoms with E-state index < -0.39 is 5.56 Å². The van der Waals surface area contributed by atoms with Crippen LogP contribution in [0.25, 0.3) is 10.9 Å². The van der Waals surface area contributed by atoms with Crippen molar-refractivity contribution in [3.05, 3.63) is 76.2 Å². The highest BCUT2D eigenvalue weighted by Crippen LogP contribution is 2.25. The minimum atomic E-state index is -0.392. The maximum absolute atomic E-state index is 12.7. The van der Waals surface area contributed by atoms with E-state index >= 15 is 0 Å². The van der Waals surface area contributed by atoms with Crippen molar-refractivity contribution in [1.29, 1.82) is 0 Å². The molecule has 10 nitrogen and oxygen atoms in total. The summed E-state index contributed by atoms with van der Waals surface area (Å²) < 4.78 is 10.6. The van der Waals surface area contributed by atoms with Crippen LogP contribution < -0.4 is 25.2 Å². The number of methoxy groups -OCH3 is 2. The van der Waals surface area contributed by atoms with Crippen molar-refractivity contribution in [2.45, 2.75) is 38.9 Å². The highest BCUT2D eigenvalue weighted by atomic mass is 16.5. The lowest BCUT2D eigenvalue weighted by Gasteiger charge is -2.25. The summed E-state index contributed by atoms with van der Waals surface area (Å²) in [6, 6.07) is 15.4. The van der Waals surface area contributed by atoms with Gasteiger partial charge in [-0.25, -0.2) is 10.1 Å². The fourth-order valence-corrected chi connectivity index (χ4v) is 4.09. The monoisotopic (exact) mass is 504 g/mol. The Balaban J connectivity index is 1.78. The van der Waals surface area contributed by atoms with Gasteiger partial charge in [0.05, 0.1) is 33.1 Å². The quantitative estimate of drug-likeness (QED) is 0.266. The number of ether oxygens (including phenoxy) is 2. The third-order valence-corrected chi connectivity index (χ3v) is 6.05. The molecule has 2 aromatic heterocycles. The van der Waals surface area contributed by atoms with E-state index in [-0.39, 0.29) is 12.6 Å². The average Bonchev–Trinajstić information content (AvgIpc) is 2.93. The lowest BCUT2D eigenvalue weighted by atomic mass is 10.1. The first-order valence-corrected chi connectivity index (χ1v) is 12.2. The first-order valence-electron chi connectivity index (χ1n) is 12.2. The van der Waals surface area contributed by atoms with Crippen LogP contribution in [0.3, 0.4) is 0 Å². The Morgan fingerprint density at radius 2 is 1.57 bits per heavy atom. The predicted octanol–water partition coefficient (Wildman–Crippen LogP) is 3.51. The van der Waals surface area contributed by atoms with Crippen LogP contribution in [0.15, 0.2) is 59.5 Å². The van der Waals surface area contributed by atoms with E-state index in [2.05, 4.69) is 15.5 Å². The van der Waals surface area contributed by atoms with Crippen LogP contribution in [0.5, 0.6) is 11.5 Å². The largest absolute Gasteiger partial charge is 0.497 e. The summed E-state index contributed by atoms with van der Waals surface area (Å²) >= 11 is 0. The zero-order chi connectivity index (χ0) is 26.2. The number of aliphatic hydroxyl groups excluding tert-OH is 1. The third-order valence-electron chi connectivity index (χ3n) is 6.05. The Morgan fingerprint density at radius 3 is 2.08 bits per heavy atom. The summed E-state index contributed by atoms with van der Waals surface area (Å²) in [5.41, 5.74) is 2.10. The van der Waals surface area contributed by atoms with Crippen LogP contribution in [-0.2, 0) is 13.1 Å². The van der Waals surface area contributed by atoms with Crippen LogP contribution >= 0.6 is 0 Å². The molecule has 4 aromatic rings. The van der Waals surface area contributed by atoms with Crippen molar-refractivity contribution < 1.29 is 14.6 Å².